The average Bonchev–Trinajstić information content (AvgIpc) is 2.54. The number of para-hydroxylation sites is 1. The van der Waals surface area contributed by atoms with Gasteiger partial charge in [-0.2, -0.15) is 0 Å². The van der Waals surface area contributed by atoms with Crippen LogP contribution in [0, 0.1) is 11.7 Å². The van der Waals surface area contributed by atoms with Gasteiger partial charge >= 0.3 is 0 Å². The first-order chi connectivity index (χ1) is 10.3. The third-order valence-electron chi connectivity index (χ3n) is 4.98. The molecule has 3 rings (SSSR count). The zero-order valence-corrected chi connectivity index (χ0v) is 15.0. The summed E-state index contributed by atoms with van der Waals surface area (Å²) in [5, 5.41) is 13.6. The summed E-state index contributed by atoms with van der Waals surface area (Å²) in [6.45, 7) is 3.88. The summed E-state index contributed by atoms with van der Waals surface area (Å²) in [7, 11) is 0. The number of phenolic OH excluding ortho intramolecular Hbond substituents is 1. The van der Waals surface area contributed by atoms with Crippen LogP contribution in [-0.2, 0) is 0 Å². The van der Waals surface area contributed by atoms with Crippen molar-refractivity contribution in [3.63, 3.8) is 0 Å². The van der Waals surface area contributed by atoms with Gasteiger partial charge in [0.15, 0.2) is 11.6 Å². The van der Waals surface area contributed by atoms with E-state index in [1.54, 1.807) is 6.07 Å². The van der Waals surface area contributed by atoms with Crippen molar-refractivity contribution < 1.29 is 9.50 Å². The van der Waals surface area contributed by atoms with E-state index in [1.165, 1.54) is 38.2 Å². The number of rotatable bonds is 3. The van der Waals surface area contributed by atoms with Crippen molar-refractivity contribution in [2.24, 2.45) is 5.92 Å². The highest BCUT2D eigenvalue weighted by Crippen LogP contribution is 2.42. The molecule has 1 aromatic rings. The van der Waals surface area contributed by atoms with Gasteiger partial charge in [-0.1, -0.05) is 31.4 Å². The molecule has 2 aliphatic rings. The van der Waals surface area contributed by atoms with E-state index >= 15 is 0 Å². The van der Waals surface area contributed by atoms with Gasteiger partial charge in [0, 0.05) is 37.8 Å². The molecule has 1 aromatic carbocycles. The maximum absolute atomic E-state index is 13.8. The quantitative estimate of drug-likeness (QED) is 0.853. The van der Waals surface area contributed by atoms with Crippen molar-refractivity contribution in [1.29, 1.82) is 0 Å². The molecule has 3 nitrogen and oxygen atoms in total. The molecule has 2 fully saturated rings. The second-order valence-electron chi connectivity index (χ2n) is 6.31. The SMILES string of the molecule is Cl.Cl.Oc1c(F)cccc1[C@H](C1CCCCC1)N1CCNCC1. The average molecular weight is 365 g/mol. The van der Waals surface area contributed by atoms with E-state index in [0.717, 1.165) is 31.7 Å². The molecule has 1 aliphatic carbocycles. The Bertz CT molecular complexity index is 460. The number of benzene rings is 1. The number of phenols is 1. The zero-order chi connectivity index (χ0) is 14.7. The first-order valence-electron chi connectivity index (χ1n) is 8.19. The van der Waals surface area contributed by atoms with Crippen LogP contribution in [0.2, 0.25) is 0 Å². The van der Waals surface area contributed by atoms with E-state index in [9.17, 15) is 9.50 Å². The molecule has 0 spiro atoms. The lowest BCUT2D eigenvalue weighted by Gasteiger charge is -2.41. The van der Waals surface area contributed by atoms with Crippen LogP contribution in [0.3, 0.4) is 0 Å². The van der Waals surface area contributed by atoms with E-state index in [-0.39, 0.29) is 36.6 Å². The Hall–Kier alpha value is -0.550. The van der Waals surface area contributed by atoms with Crippen LogP contribution in [0.4, 0.5) is 4.39 Å². The van der Waals surface area contributed by atoms with Crippen molar-refractivity contribution in [2.75, 3.05) is 26.2 Å². The summed E-state index contributed by atoms with van der Waals surface area (Å²) in [6.07, 6.45) is 6.18. The van der Waals surface area contributed by atoms with Crippen molar-refractivity contribution in [3.05, 3.63) is 29.6 Å². The molecule has 1 atom stereocenters. The summed E-state index contributed by atoms with van der Waals surface area (Å²) in [6, 6.07) is 5.12. The highest BCUT2D eigenvalue weighted by molar-refractivity contribution is 5.85. The highest BCUT2D eigenvalue weighted by atomic mass is 35.5. The zero-order valence-electron chi connectivity index (χ0n) is 13.3. The summed E-state index contributed by atoms with van der Waals surface area (Å²) >= 11 is 0. The van der Waals surface area contributed by atoms with Crippen LogP contribution in [0.5, 0.6) is 5.75 Å². The van der Waals surface area contributed by atoms with Gasteiger partial charge in [-0.25, -0.2) is 4.39 Å². The van der Waals surface area contributed by atoms with Crippen LogP contribution >= 0.6 is 24.8 Å². The Labute approximate surface area is 150 Å². The van der Waals surface area contributed by atoms with Gasteiger partial charge < -0.3 is 10.4 Å². The molecular formula is C17H27Cl2FN2O. The molecule has 2 N–H and O–H groups in total. The second kappa shape index (κ2) is 9.67. The van der Waals surface area contributed by atoms with Gasteiger partial charge in [0.2, 0.25) is 0 Å². The third kappa shape index (κ3) is 4.72. The fourth-order valence-corrected chi connectivity index (χ4v) is 3.93. The van der Waals surface area contributed by atoms with Gasteiger partial charge in [-0.3, -0.25) is 4.90 Å². The van der Waals surface area contributed by atoms with Gasteiger partial charge in [0.1, 0.15) is 0 Å². The monoisotopic (exact) mass is 364 g/mol. The van der Waals surface area contributed by atoms with Crippen molar-refractivity contribution >= 4 is 24.8 Å². The van der Waals surface area contributed by atoms with E-state index in [0.29, 0.717) is 5.92 Å². The number of halogens is 3. The Kier molecular flexibility index (Phi) is 8.62. The van der Waals surface area contributed by atoms with Crippen molar-refractivity contribution in [3.8, 4) is 5.75 Å². The maximum Gasteiger partial charge on any atom is 0.165 e. The van der Waals surface area contributed by atoms with Gasteiger partial charge in [0.25, 0.3) is 0 Å². The molecule has 1 aliphatic heterocycles. The minimum Gasteiger partial charge on any atom is -0.505 e. The van der Waals surface area contributed by atoms with Crippen LogP contribution in [0.25, 0.3) is 0 Å². The number of nitrogens with one attached hydrogen (secondary N) is 1. The van der Waals surface area contributed by atoms with Crippen molar-refractivity contribution in [1.82, 2.24) is 10.2 Å². The van der Waals surface area contributed by atoms with Gasteiger partial charge in [0.05, 0.1) is 0 Å². The molecule has 0 bridgehead atoms. The van der Waals surface area contributed by atoms with Crippen LogP contribution in [0.1, 0.15) is 43.7 Å². The molecule has 6 heteroatoms. The molecule has 0 unspecified atom stereocenters. The summed E-state index contributed by atoms with van der Waals surface area (Å²) in [5.74, 6) is -0.111. The van der Waals surface area contributed by atoms with E-state index < -0.39 is 5.82 Å². The van der Waals surface area contributed by atoms with Crippen LogP contribution < -0.4 is 5.32 Å². The largest absolute Gasteiger partial charge is 0.505 e. The minimum atomic E-state index is -0.497. The summed E-state index contributed by atoms with van der Waals surface area (Å²) in [4.78, 5) is 2.43. The lowest BCUT2D eigenvalue weighted by molar-refractivity contribution is 0.101. The third-order valence-corrected chi connectivity index (χ3v) is 4.98. The predicted octanol–water partition coefficient (Wildman–Crippen LogP) is 3.90. The molecule has 0 amide bonds. The fraction of sp³-hybridized carbons (Fsp3) is 0.647. The summed E-state index contributed by atoms with van der Waals surface area (Å²) in [5.41, 5.74) is 0.781. The number of aromatic hydroxyl groups is 1. The lowest BCUT2D eigenvalue weighted by Crippen LogP contribution is -2.47. The van der Waals surface area contributed by atoms with E-state index in [4.69, 9.17) is 0 Å². The van der Waals surface area contributed by atoms with E-state index in [1.807, 2.05) is 6.07 Å². The molecule has 1 saturated carbocycles. The van der Waals surface area contributed by atoms with Crippen molar-refractivity contribution in [2.45, 2.75) is 38.1 Å². The Morgan fingerprint density at radius 3 is 2.39 bits per heavy atom. The maximum atomic E-state index is 13.8. The van der Waals surface area contributed by atoms with Gasteiger partial charge in [-0.05, 0) is 24.8 Å². The van der Waals surface area contributed by atoms with Gasteiger partial charge in [-0.15, -0.1) is 24.8 Å². The van der Waals surface area contributed by atoms with Crippen LogP contribution in [0.15, 0.2) is 18.2 Å². The number of hydrogen-bond donors (Lipinski definition) is 2. The normalized spacial score (nSPS) is 21.1. The summed E-state index contributed by atoms with van der Waals surface area (Å²) < 4.78 is 13.8. The molecule has 0 aromatic heterocycles. The molecule has 23 heavy (non-hydrogen) atoms. The number of hydrogen-bond acceptors (Lipinski definition) is 3. The molecule has 0 radical (unpaired) electrons. The second-order valence-corrected chi connectivity index (χ2v) is 6.31. The molecule has 1 heterocycles. The minimum absolute atomic E-state index is 0. The molecule has 1 saturated heterocycles. The number of nitrogens with zero attached hydrogens (tertiary/aromatic N) is 1. The predicted molar refractivity (Wildman–Crippen MR) is 96.3 cm³/mol. The topological polar surface area (TPSA) is 35.5 Å². The van der Waals surface area contributed by atoms with E-state index in [2.05, 4.69) is 10.2 Å². The first kappa shape index (κ1) is 20.5. The Balaban J connectivity index is 0.00000132. The molecular weight excluding hydrogens is 338 g/mol. The Morgan fingerprint density at radius 2 is 1.74 bits per heavy atom. The number of piperazine rings is 1. The lowest BCUT2D eigenvalue weighted by atomic mass is 9.80. The fourth-order valence-electron chi connectivity index (χ4n) is 3.93. The first-order valence-corrected chi connectivity index (χ1v) is 8.19. The smallest absolute Gasteiger partial charge is 0.165 e. The highest BCUT2D eigenvalue weighted by Gasteiger charge is 2.33. The van der Waals surface area contributed by atoms with Crippen LogP contribution in [-0.4, -0.2) is 36.2 Å². The standard InChI is InChI=1S/C17H25FN2O.2ClH/c18-15-8-4-7-14(17(15)21)16(13-5-2-1-3-6-13)20-11-9-19-10-12-20;;/h4,7-8,13,16,19,21H,1-3,5-6,9-12H2;2*1H/t16-;;/m0../s1. The Morgan fingerprint density at radius 1 is 1.09 bits per heavy atom. The molecule has 132 valence electrons.